The first-order chi connectivity index (χ1) is 18.5. The van der Waals surface area contributed by atoms with Gasteiger partial charge in [-0.2, -0.15) is 5.26 Å². The Kier molecular flexibility index (Phi) is 8.63. The molecule has 0 atom stereocenters. The average molecular weight is 563 g/mol. The molecule has 10 heteroatoms. The quantitative estimate of drug-likeness (QED) is 0.346. The number of anilines is 2. The highest BCUT2D eigenvalue weighted by Gasteiger charge is 2.30. The number of amides is 3. The number of ether oxygens (including phenoxy) is 1. The molecule has 0 saturated heterocycles. The normalized spacial score (nSPS) is 12.7. The van der Waals surface area contributed by atoms with E-state index in [2.05, 4.69) is 16.7 Å². The summed E-state index contributed by atoms with van der Waals surface area (Å²) in [6.07, 6.45) is 0.138. The van der Waals surface area contributed by atoms with Crippen LogP contribution in [0.2, 0.25) is 0 Å². The van der Waals surface area contributed by atoms with Gasteiger partial charge in [0.05, 0.1) is 17.9 Å². The third-order valence-electron chi connectivity index (χ3n) is 5.92. The number of thioether (sulfide) groups is 1. The number of carbonyl (C=O) groups excluding carboxylic acids is 3. The average Bonchev–Trinajstić information content (AvgIpc) is 3.22. The van der Waals surface area contributed by atoms with Crippen molar-refractivity contribution in [2.75, 3.05) is 22.9 Å². The summed E-state index contributed by atoms with van der Waals surface area (Å²) in [6.45, 7) is 8.15. The smallest absolute Gasteiger partial charge is 0.410 e. The molecular formula is C29H30N4O4S2. The number of aryl methyl sites for hydroxylation is 1. The van der Waals surface area contributed by atoms with Gasteiger partial charge >= 0.3 is 6.09 Å². The van der Waals surface area contributed by atoms with Gasteiger partial charge in [0, 0.05) is 27.6 Å². The number of thiophene rings is 1. The zero-order chi connectivity index (χ0) is 28.2. The Balaban J connectivity index is 1.36. The molecule has 0 aliphatic carbocycles. The monoisotopic (exact) mass is 562 g/mol. The summed E-state index contributed by atoms with van der Waals surface area (Å²) in [4.78, 5) is 41.3. The lowest BCUT2D eigenvalue weighted by molar-refractivity contribution is -0.113. The molecule has 2 aromatic carbocycles. The molecule has 0 fully saturated rings. The van der Waals surface area contributed by atoms with Gasteiger partial charge in [-0.25, -0.2) is 4.79 Å². The number of carbonyl (C=O) groups is 3. The zero-order valence-electron chi connectivity index (χ0n) is 22.3. The molecule has 202 valence electrons. The standard InChI is InChI=1S/C29H30N4O4S2/c1-18-8-5-6-11-21(18)26(35)31-19-9-7-10-20(14-19)38-17-25(34)32-27-23(15-30)22-12-13-33(16-24(22)39-27)28(36)37-29(2,3)4/h5-11,14H,12-13,16-17H2,1-4H3,(H,31,35)(H,32,34). The van der Waals surface area contributed by atoms with Gasteiger partial charge in [-0.05, 0) is 69.5 Å². The Morgan fingerprint density at radius 3 is 2.62 bits per heavy atom. The van der Waals surface area contributed by atoms with E-state index in [1.54, 1.807) is 17.0 Å². The van der Waals surface area contributed by atoms with Crippen molar-refractivity contribution in [2.24, 2.45) is 0 Å². The Morgan fingerprint density at radius 2 is 1.90 bits per heavy atom. The van der Waals surface area contributed by atoms with E-state index in [1.165, 1.54) is 23.1 Å². The first-order valence-electron chi connectivity index (χ1n) is 12.5. The lowest BCUT2D eigenvalue weighted by atomic mass is 10.0. The highest BCUT2D eigenvalue weighted by Crippen LogP contribution is 2.37. The van der Waals surface area contributed by atoms with Crippen LogP contribution in [-0.2, 0) is 22.5 Å². The van der Waals surface area contributed by atoms with Crippen LogP contribution in [0.3, 0.4) is 0 Å². The van der Waals surface area contributed by atoms with E-state index >= 15 is 0 Å². The molecule has 0 unspecified atom stereocenters. The Bertz CT molecular complexity index is 1450. The molecule has 0 radical (unpaired) electrons. The van der Waals surface area contributed by atoms with E-state index < -0.39 is 5.60 Å². The summed E-state index contributed by atoms with van der Waals surface area (Å²) >= 11 is 2.66. The minimum absolute atomic E-state index is 0.132. The van der Waals surface area contributed by atoms with Gasteiger partial charge in [0.2, 0.25) is 5.91 Å². The van der Waals surface area contributed by atoms with Gasteiger partial charge in [-0.3, -0.25) is 9.59 Å². The van der Waals surface area contributed by atoms with Crippen molar-refractivity contribution in [1.29, 1.82) is 5.26 Å². The number of hydrogen-bond donors (Lipinski definition) is 2. The van der Waals surface area contributed by atoms with Gasteiger partial charge < -0.3 is 20.3 Å². The highest BCUT2D eigenvalue weighted by molar-refractivity contribution is 8.00. The molecule has 1 aliphatic rings. The number of hydrogen-bond acceptors (Lipinski definition) is 7. The lowest BCUT2D eigenvalue weighted by Crippen LogP contribution is -2.39. The first-order valence-corrected chi connectivity index (χ1v) is 14.3. The molecule has 8 nitrogen and oxygen atoms in total. The van der Waals surface area contributed by atoms with E-state index in [1.807, 2.05) is 64.1 Å². The second-order valence-electron chi connectivity index (χ2n) is 10.1. The first kappa shape index (κ1) is 28.2. The largest absolute Gasteiger partial charge is 0.444 e. The fourth-order valence-electron chi connectivity index (χ4n) is 4.09. The minimum Gasteiger partial charge on any atom is -0.444 e. The number of nitrogens with one attached hydrogen (secondary N) is 2. The van der Waals surface area contributed by atoms with Crippen molar-refractivity contribution >= 4 is 51.7 Å². The molecule has 0 spiro atoms. The Morgan fingerprint density at radius 1 is 1.13 bits per heavy atom. The molecule has 3 amide bonds. The van der Waals surface area contributed by atoms with Gasteiger partial charge in [0.1, 0.15) is 16.7 Å². The maximum Gasteiger partial charge on any atom is 0.410 e. The molecule has 0 saturated carbocycles. The topological polar surface area (TPSA) is 112 Å². The van der Waals surface area contributed by atoms with Crippen LogP contribution in [0, 0.1) is 18.3 Å². The van der Waals surface area contributed by atoms with Crippen LogP contribution in [0.4, 0.5) is 15.5 Å². The summed E-state index contributed by atoms with van der Waals surface area (Å²) in [5.74, 6) is -0.301. The summed E-state index contributed by atoms with van der Waals surface area (Å²) in [5.41, 5.74) is 2.88. The molecular weight excluding hydrogens is 532 g/mol. The molecule has 2 N–H and O–H groups in total. The molecule has 39 heavy (non-hydrogen) atoms. The fourth-order valence-corrected chi connectivity index (χ4v) is 6.08. The zero-order valence-corrected chi connectivity index (χ0v) is 23.9. The summed E-state index contributed by atoms with van der Waals surface area (Å²) in [5, 5.41) is 16.1. The van der Waals surface area contributed by atoms with Crippen molar-refractivity contribution in [2.45, 2.75) is 51.2 Å². The molecule has 1 aromatic heterocycles. The van der Waals surface area contributed by atoms with Gasteiger partial charge in [0.15, 0.2) is 0 Å². The van der Waals surface area contributed by atoms with Gasteiger partial charge in [0.25, 0.3) is 5.91 Å². The number of rotatable bonds is 6. The fraction of sp³-hybridized carbons (Fsp3) is 0.310. The maximum atomic E-state index is 12.8. The van der Waals surface area contributed by atoms with Crippen LogP contribution in [0.5, 0.6) is 0 Å². The van der Waals surface area contributed by atoms with Crippen LogP contribution in [-0.4, -0.2) is 40.7 Å². The van der Waals surface area contributed by atoms with Crippen molar-refractivity contribution in [3.05, 3.63) is 75.7 Å². The number of fused-ring (bicyclic) bond motifs is 1. The van der Waals surface area contributed by atoms with E-state index in [-0.39, 0.29) is 23.7 Å². The lowest BCUT2D eigenvalue weighted by Gasteiger charge is -2.29. The van der Waals surface area contributed by atoms with E-state index in [0.29, 0.717) is 41.3 Å². The second-order valence-corrected chi connectivity index (χ2v) is 12.3. The number of nitriles is 1. The van der Waals surface area contributed by atoms with Crippen molar-refractivity contribution < 1.29 is 19.1 Å². The highest BCUT2D eigenvalue weighted by atomic mass is 32.2. The van der Waals surface area contributed by atoms with Gasteiger partial charge in [-0.1, -0.05) is 24.3 Å². The molecule has 3 aromatic rings. The van der Waals surface area contributed by atoms with Crippen LogP contribution in [0.1, 0.15) is 52.7 Å². The molecule has 4 rings (SSSR count). The van der Waals surface area contributed by atoms with Crippen LogP contribution >= 0.6 is 23.1 Å². The van der Waals surface area contributed by atoms with Crippen LogP contribution < -0.4 is 10.6 Å². The Hall–Kier alpha value is -3.81. The van der Waals surface area contributed by atoms with E-state index in [4.69, 9.17) is 4.74 Å². The third kappa shape index (κ3) is 7.19. The van der Waals surface area contributed by atoms with Crippen molar-refractivity contribution in [1.82, 2.24) is 4.90 Å². The van der Waals surface area contributed by atoms with Crippen molar-refractivity contribution in [3.8, 4) is 6.07 Å². The van der Waals surface area contributed by atoms with Gasteiger partial charge in [-0.15, -0.1) is 23.1 Å². The minimum atomic E-state index is -0.590. The van der Waals surface area contributed by atoms with Crippen molar-refractivity contribution in [3.63, 3.8) is 0 Å². The summed E-state index contributed by atoms with van der Waals surface area (Å²) in [6, 6.07) is 16.9. The molecule has 2 heterocycles. The number of nitrogens with zero attached hydrogens (tertiary/aromatic N) is 2. The Labute approximate surface area is 236 Å². The maximum absolute atomic E-state index is 12.8. The molecule has 0 bridgehead atoms. The SMILES string of the molecule is Cc1ccccc1C(=O)Nc1cccc(SCC(=O)Nc2sc3c(c2C#N)CCN(C(=O)OC(C)(C)C)C3)c1. The van der Waals surface area contributed by atoms with E-state index in [0.717, 1.165) is 20.9 Å². The molecule has 1 aliphatic heterocycles. The third-order valence-corrected chi connectivity index (χ3v) is 8.05. The second kappa shape index (κ2) is 11.9. The summed E-state index contributed by atoms with van der Waals surface area (Å²) < 4.78 is 5.48. The predicted molar refractivity (Wildman–Crippen MR) is 154 cm³/mol. The summed E-state index contributed by atoms with van der Waals surface area (Å²) in [7, 11) is 0. The van der Waals surface area contributed by atoms with E-state index in [9.17, 15) is 19.6 Å². The van der Waals surface area contributed by atoms with Crippen LogP contribution in [0.25, 0.3) is 0 Å². The number of benzene rings is 2. The van der Waals surface area contributed by atoms with Crippen LogP contribution in [0.15, 0.2) is 53.4 Å². The predicted octanol–water partition coefficient (Wildman–Crippen LogP) is 6.20.